The largest absolute Gasteiger partial charge is 0.485 e. The van der Waals surface area contributed by atoms with Crippen molar-refractivity contribution in [3.63, 3.8) is 0 Å². The van der Waals surface area contributed by atoms with Crippen LogP contribution in [0.4, 0.5) is 0 Å². The zero-order valence-corrected chi connectivity index (χ0v) is 12.4. The molecule has 0 N–H and O–H groups in total. The summed E-state index contributed by atoms with van der Waals surface area (Å²) in [7, 11) is 0. The molecule has 0 bridgehead atoms. The Morgan fingerprint density at radius 2 is 1.89 bits per heavy atom. The molecule has 0 atom stereocenters. The highest BCUT2D eigenvalue weighted by atomic mass is 79.9. The lowest BCUT2D eigenvalue weighted by atomic mass is 10.1. The number of Topliss-reactive ketones (excluding diaryl/α,β-unsaturated/α-hetero) is 1. The van der Waals surface area contributed by atoms with Crippen LogP contribution in [0.1, 0.15) is 5.56 Å². The maximum atomic E-state index is 11.8. The molecular formula is C15H12BrClO2. The maximum Gasteiger partial charge on any atom is 0.174 e. The molecule has 0 aliphatic heterocycles. The third-order valence-corrected chi connectivity index (χ3v) is 3.38. The molecule has 0 saturated carbocycles. The number of benzene rings is 2. The van der Waals surface area contributed by atoms with Crippen molar-refractivity contribution in [3.8, 4) is 5.75 Å². The number of carbonyl (C=O) groups is 1. The first kappa shape index (κ1) is 14.1. The van der Waals surface area contributed by atoms with Crippen LogP contribution in [0.2, 0.25) is 5.02 Å². The Labute approximate surface area is 125 Å². The predicted molar refractivity (Wildman–Crippen MR) is 79.8 cm³/mol. The Morgan fingerprint density at radius 3 is 2.58 bits per heavy atom. The number of halogens is 2. The highest BCUT2D eigenvalue weighted by Crippen LogP contribution is 2.27. The monoisotopic (exact) mass is 338 g/mol. The second-order valence-electron chi connectivity index (χ2n) is 4.06. The Hall–Kier alpha value is -1.32. The van der Waals surface area contributed by atoms with Gasteiger partial charge in [-0.25, -0.2) is 0 Å². The van der Waals surface area contributed by atoms with E-state index in [1.807, 2.05) is 30.3 Å². The summed E-state index contributed by atoms with van der Waals surface area (Å²) in [5, 5.41) is 0.620. The second-order valence-corrected chi connectivity index (χ2v) is 5.36. The van der Waals surface area contributed by atoms with Crippen LogP contribution < -0.4 is 4.74 Å². The van der Waals surface area contributed by atoms with Crippen LogP contribution in [0.15, 0.2) is 53.0 Å². The lowest BCUT2D eigenvalue weighted by Crippen LogP contribution is -2.13. The van der Waals surface area contributed by atoms with Crippen LogP contribution in [0.25, 0.3) is 0 Å². The summed E-state index contributed by atoms with van der Waals surface area (Å²) >= 11 is 9.18. The highest BCUT2D eigenvalue weighted by molar-refractivity contribution is 9.10. The minimum Gasteiger partial charge on any atom is -0.485 e. The number of hydrogen-bond acceptors (Lipinski definition) is 2. The summed E-state index contributed by atoms with van der Waals surface area (Å²) in [6.45, 7) is 0.0507. The quantitative estimate of drug-likeness (QED) is 0.812. The van der Waals surface area contributed by atoms with Crippen molar-refractivity contribution in [3.05, 3.63) is 63.6 Å². The SMILES string of the molecule is O=C(COc1ccc(Cl)cc1Br)Cc1ccccc1. The Morgan fingerprint density at radius 1 is 1.16 bits per heavy atom. The van der Waals surface area contributed by atoms with Gasteiger partial charge in [0.15, 0.2) is 5.78 Å². The Kier molecular flexibility index (Phi) is 5.00. The third-order valence-electron chi connectivity index (χ3n) is 2.53. The molecule has 0 aliphatic carbocycles. The zero-order valence-electron chi connectivity index (χ0n) is 10.1. The molecule has 2 aromatic rings. The van der Waals surface area contributed by atoms with Crippen LogP contribution in [0.5, 0.6) is 5.75 Å². The first-order valence-electron chi connectivity index (χ1n) is 5.78. The lowest BCUT2D eigenvalue weighted by molar-refractivity contribution is -0.120. The summed E-state index contributed by atoms with van der Waals surface area (Å²) in [4.78, 5) is 11.8. The molecule has 0 amide bonds. The fourth-order valence-corrected chi connectivity index (χ4v) is 2.42. The standard InChI is InChI=1S/C15H12BrClO2/c16-14-9-12(17)6-7-15(14)19-10-13(18)8-11-4-2-1-3-5-11/h1-7,9H,8,10H2. The minimum absolute atomic E-state index is 0.0352. The molecule has 0 aromatic heterocycles. The molecule has 2 nitrogen and oxygen atoms in total. The van der Waals surface area contributed by atoms with Gasteiger partial charge < -0.3 is 4.74 Å². The van der Waals surface area contributed by atoms with Gasteiger partial charge in [0.2, 0.25) is 0 Å². The molecule has 19 heavy (non-hydrogen) atoms. The second kappa shape index (κ2) is 6.73. The van der Waals surface area contributed by atoms with E-state index in [9.17, 15) is 4.79 Å². The molecule has 2 rings (SSSR count). The predicted octanol–water partition coefficient (Wildman–Crippen LogP) is 4.29. The Bertz CT molecular complexity index is 570. The fraction of sp³-hybridized carbons (Fsp3) is 0.133. The number of hydrogen-bond donors (Lipinski definition) is 0. The molecule has 0 unspecified atom stereocenters. The van der Waals surface area contributed by atoms with E-state index in [0.717, 1.165) is 10.0 Å². The first-order chi connectivity index (χ1) is 9.15. The lowest BCUT2D eigenvalue weighted by Gasteiger charge is -2.07. The van der Waals surface area contributed by atoms with Crippen molar-refractivity contribution in [1.29, 1.82) is 0 Å². The molecule has 4 heteroatoms. The maximum absolute atomic E-state index is 11.8. The molecule has 0 radical (unpaired) electrons. The summed E-state index contributed by atoms with van der Waals surface area (Å²) in [6.07, 6.45) is 0.381. The van der Waals surface area contributed by atoms with E-state index >= 15 is 0 Å². The fourth-order valence-electron chi connectivity index (χ4n) is 1.63. The van der Waals surface area contributed by atoms with Gasteiger partial charge in [0.1, 0.15) is 12.4 Å². The molecule has 0 fully saturated rings. The van der Waals surface area contributed by atoms with Crippen molar-refractivity contribution >= 4 is 33.3 Å². The number of ketones is 1. The highest BCUT2D eigenvalue weighted by Gasteiger charge is 2.07. The molecule has 0 saturated heterocycles. The molecular weight excluding hydrogens is 328 g/mol. The van der Waals surface area contributed by atoms with Crippen LogP contribution in [-0.4, -0.2) is 12.4 Å². The Balaban J connectivity index is 1.90. The molecule has 98 valence electrons. The number of ether oxygens (including phenoxy) is 1. The summed E-state index contributed by atoms with van der Waals surface area (Å²) < 4.78 is 6.21. The van der Waals surface area contributed by atoms with E-state index in [1.165, 1.54) is 0 Å². The van der Waals surface area contributed by atoms with Crippen molar-refractivity contribution in [1.82, 2.24) is 0 Å². The van der Waals surface area contributed by atoms with Crippen LogP contribution >= 0.6 is 27.5 Å². The van der Waals surface area contributed by atoms with E-state index in [1.54, 1.807) is 18.2 Å². The van der Waals surface area contributed by atoms with Crippen molar-refractivity contribution < 1.29 is 9.53 Å². The number of carbonyl (C=O) groups excluding carboxylic acids is 1. The van der Waals surface area contributed by atoms with E-state index in [-0.39, 0.29) is 12.4 Å². The topological polar surface area (TPSA) is 26.3 Å². The van der Waals surface area contributed by atoms with Crippen molar-refractivity contribution in [2.24, 2.45) is 0 Å². The first-order valence-corrected chi connectivity index (χ1v) is 6.96. The van der Waals surface area contributed by atoms with Crippen molar-refractivity contribution in [2.75, 3.05) is 6.61 Å². The van der Waals surface area contributed by atoms with Gasteiger partial charge in [0.05, 0.1) is 4.47 Å². The van der Waals surface area contributed by atoms with Gasteiger partial charge in [-0.15, -0.1) is 0 Å². The molecule has 0 heterocycles. The zero-order chi connectivity index (χ0) is 13.7. The third kappa shape index (κ3) is 4.37. The van der Waals surface area contributed by atoms with Crippen molar-refractivity contribution in [2.45, 2.75) is 6.42 Å². The van der Waals surface area contributed by atoms with Gasteiger partial charge >= 0.3 is 0 Å². The van der Waals surface area contributed by atoms with E-state index in [0.29, 0.717) is 17.2 Å². The van der Waals surface area contributed by atoms with Crippen LogP contribution in [0, 0.1) is 0 Å². The minimum atomic E-state index is 0.0352. The van der Waals surface area contributed by atoms with Crippen LogP contribution in [-0.2, 0) is 11.2 Å². The molecule has 2 aromatic carbocycles. The van der Waals surface area contributed by atoms with E-state index < -0.39 is 0 Å². The number of rotatable bonds is 5. The van der Waals surface area contributed by atoms with Crippen LogP contribution in [0.3, 0.4) is 0 Å². The van der Waals surface area contributed by atoms with Gasteiger partial charge in [-0.3, -0.25) is 4.79 Å². The van der Waals surface area contributed by atoms with E-state index in [4.69, 9.17) is 16.3 Å². The van der Waals surface area contributed by atoms with Gasteiger partial charge in [-0.2, -0.15) is 0 Å². The average molecular weight is 340 g/mol. The van der Waals surface area contributed by atoms with Gasteiger partial charge in [0.25, 0.3) is 0 Å². The van der Waals surface area contributed by atoms with Gasteiger partial charge in [0, 0.05) is 11.4 Å². The van der Waals surface area contributed by atoms with Gasteiger partial charge in [-0.1, -0.05) is 41.9 Å². The molecule has 0 aliphatic rings. The smallest absolute Gasteiger partial charge is 0.174 e. The van der Waals surface area contributed by atoms with Gasteiger partial charge in [-0.05, 0) is 39.7 Å². The summed E-state index contributed by atoms with van der Waals surface area (Å²) in [5.74, 6) is 0.652. The normalized spacial score (nSPS) is 10.2. The summed E-state index contributed by atoms with van der Waals surface area (Å²) in [6, 6.07) is 14.8. The average Bonchev–Trinajstić information content (AvgIpc) is 2.39. The summed E-state index contributed by atoms with van der Waals surface area (Å²) in [5.41, 5.74) is 0.992. The molecule has 0 spiro atoms. The van der Waals surface area contributed by atoms with E-state index in [2.05, 4.69) is 15.9 Å².